The molecule has 1 saturated heterocycles. The Morgan fingerprint density at radius 1 is 1.43 bits per heavy atom. The number of nitrogens with zero attached hydrogens (tertiary/aromatic N) is 2. The third-order valence-corrected chi connectivity index (χ3v) is 4.97. The second-order valence-corrected chi connectivity index (χ2v) is 6.27. The van der Waals surface area contributed by atoms with Crippen LogP contribution in [0.3, 0.4) is 0 Å². The molecule has 2 atom stereocenters. The molecule has 1 N–H and O–H groups in total. The van der Waals surface area contributed by atoms with Gasteiger partial charge >= 0.3 is 12.1 Å². The summed E-state index contributed by atoms with van der Waals surface area (Å²) in [5.41, 5.74) is -0.306. The molecule has 1 aliphatic heterocycles. The van der Waals surface area contributed by atoms with Crippen molar-refractivity contribution in [2.24, 2.45) is 10.9 Å². The Hall–Kier alpha value is -1.70. The third-order valence-electron chi connectivity index (χ3n) is 3.82. The van der Waals surface area contributed by atoms with E-state index >= 15 is 0 Å². The Labute approximate surface area is 136 Å². The van der Waals surface area contributed by atoms with E-state index in [4.69, 9.17) is 0 Å². The summed E-state index contributed by atoms with van der Waals surface area (Å²) in [6, 6.07) is 4.43. The van der Waals surface area contributed by atoms with Crippen molar-refractivity contribution in [1.82, 2.24) is 4.90 Å². The minimum absolute atomic E-state index is 0.171. The van der Waals surface area contributed by atoms with E-state index in [9.17, 15) is 23.1 Å². The van der Waals surface area contributed by atoms with E-state index in [1.54, 1.807) is 11.9 Å². The van der Waals surface area contributed by atoms with Crippen LogP contribution in [-0.2, 0) is 11.0 Å². The average Bonchev–Trinajstić information content (AvgIpc) is 2.81. The van der Waals surface area contributed by atoms with Crippen LogP contribution < -0.4 is 0 Å². The highest BCUT2D eigenvalue weighted by Gasteiger charge is 2.36. The smallest absolute Gasteiger partial charge is 0.416 e. The molecule has 2 rings (SSSR count). The first-order chi connectivity index (χ1) is 10.7. The number of rotatable bonds is 4. The lowest BCUT2D eigenvalue weighted by Gasteiger charge is -2.25. The predicted molar refractivity (Wildman–Crippen MR) is 84.0 cm³/mol. The standard InChI is InChI=1S/C15H17F3N2O2S/c1-3-11(13(21)22)12-8-23-14(20(12)2)19-10-6-4-9(5-7-10)15(16,17)18/h4-7,11-12H,3,8H2,1-2H3,(H,21,22). The number of thioether (sulfide) groups is 1. The predicted octanol–water partition coefficient (Wildman–Crippen LogP) is 3.85. The van der Waals surface area contributed by atoms with Gasteiger partial charge in [0.05, 0.1) is 23.2 Å². The Kier molecular flexibility index (Phi) is 5.23. The van der Waals surface area contributed by atoms with Crippen LogP contribution in [0.5, 0.6) is 0 Å². The van der Waals surface area contributed by atoms with Gasteiger partial charge in [0.2, 0.25) is 0 Å². The van der Waals surface area contributed by atoms with Crippen molar-refractivity contribution >= 4 is 28.6 Å². The molecule has 0 saturated carbocycles. The van der Waals surface area contributed by atoms with Crippen LogP contribution in [0.1, 0.15) is 18.9 Å². The van der Waals surface area contributed by atoms with Crippen LogP contribution in [0.4, 0.5) is 18.9 Å². The average molecular weight is 346 g/mol. The van der Waals surface area contributed by atoms with E-state index in [0.29, 0.717) is 23.0 Å². The zero-order chi connectivity index (χ0) is 17.2. The molecule has 0 spiro atoms. The molecule has 1 aromatic carbocycles. The lowest BCUT2D eigenvalue weighted by atomic mass is 9.98. The van der Waals surface area contributed by atoms with Crippen molar-refractivity contribution in [2.45, 2.75) is 25.6 Å². The molecule has 2 unspecified atom stereocenters. The molecule has 1 aliphatic rings. The fraction of sp³-hybridized carbons (Fsp3) is 0.467. The maximum absolute atomic E-state index is 12.5. The van der Waals surface area contributed by atoms with E-state index in [1.165, 1.54) is 23.9 Å². The Bertz CT molecular complexity index is 602. The summed E-state index contributed by atoms with van der Waals surface area (Å²) < 4.78 is 37.6. The van der Waals surface area contributed by atoms with Gasteiger partial charge in [-0.3, -0.25) is 4.79 Å². The zero-order valence-corrected chi connectivity index (χ0v) is 13.5. The summed E-state index contributed by atoms with van der Waals surface area (Å²) in [4.78, 5) is 17.4. The summed E-state index contributed by atoms with van der Waals surface area (Å²) in [7, 11) is 1.76. The summed E-state index contributed by atoms with van der Waals surface area (Å²) in [5.74, 6) is -0.741. The van der Waals surface area contributed by atoms with Crippen molar-refractivity contribution in [1.29, 1.82) is 0 Å². The van der Waals surface area contributed by atoms with Gasteiger partial charge in [-0.05, 0) is 30.7 Å². The molecule has 0 bridgehead atoms. The van der Waals surface area contributed by atoms with Gasteiger partial charge < -0.3 is 10.0 Å². The fourth-order valence-corrected chi connectivity index (χ4v) is 3.74. The molecule has 23 heavy (non-hydrogen) atoms. The van der Waals surface area contributed by atoms with Crippen LogP contribution in [0.2, 0.25) is 0 Å². The highest BCUT2D eigenvalue weighted by atomic mass is 32.2. The molecule has 1 heterocycles. The highest BCUT2D eigenvalue weighted by Crippen LogP contribution is 2.33. The van der Waals surface area contributed by atoms with E-state index in [-0.39, 0.29) is 6.04 Å². The van der Waals surface area contributed by atoms with E-state index in [1.807, 2.05) is 6.92 Å². The number of carboxylic acids is 1. The number of aliphatic imine (C=N–C) groups is 1. The second-order valence-electron chi connectivity index (χ2n) is 5.28. The van der Waals surface area contributed by atoms with Crippen molar-refractivity contribution in [2.75, 3.05) is 12.8 Å². The largest absolute Gasteiger partial charge is 0.481 e. The Balaban J connectivity index is 2.16. The van der Waals surface area contributed by atoms with Crippen molar-refractivity contribution in [3.05, 3.63) is 29.8 Å². The number of aliphatic carboxylic acids is 1. The molecule has 0 aromatic heterocycles. The van der Waals surface area contributed by atoms with Crippen LogP contribution in [0, 0.1) is 5.92 Å². The van der Waals surface area contributed by atoms with Gasteiger partial charge in [0, 0.05) is 12.8 Å². The quantitative estimate of drug-likeness (QED) is 0.900. The summed E-state index contributed by atoms with van der Waals surface area (Å²) in [6.45, 7) is 1.82. The number of hydrogen-bond donors (Lipinski definition) is 1. The monoisotopic (exact) mass is 346 g/mol. The minimum atomic E-state index is -4.37. The SMILES string of the molecule is CCC(C(=O)O)C1CSC(=Nc2ccc(C(F)(F)F)cc2)N1C. The van der Waals surface area contributed by atoms with Crippen LogP contribution >= 0.6 is 11.8 Å². The van der Waals surface area contributed by atoms with Gasteiger partial charge in [-0.1, -0.05) is 18.7 Å². The normalized spacial score (nSPS) is 21.7. The first-order valence-corrected chi connectivity index (χ1v) is 8.07. The topological polar surface area (TPSA) is 52.9 Å². The van der Waals surface area contributed by atoms with Crippen molar-refractivity contribution in [3.63, 3.8) is 0 Å². The lowest BCUT2D eigenvalue weighted by molar-refractivity contribution is -0.143. The number of amidine groups is 1. The fourth-order valence-electron chi connectivity index (χ4n) is 2.46. The zero-order valence-electron chi connectivity index (χ0n) is 12.7. The molecule has 126 valence electrons. The minimum Gasteiger partial charge on any atom is -0.481 e. The van der Waals surface area contributed by atoms with Crippen molar-refractivity contribution < 1.29 is 23.1 Å². The molecule has 1 aromatic rings. The summed E-state index contributed by atoms with van der Waals surface area (Å²) >= 11 is 1.41. The summed E-state index contributed by atoms with van der Waals surface area (Å²) in [5, 5.41) is 9.87. The number of hydrogen-bond acceptors (Lipinski definition) is 3. The van der Waals surface area contributed by atoms with Crippen LogP contribution in [-0.4, -0.2) is 40.0 Å². The number of carboxylic acid groups (broad SMARTS) is 1. The van der Waals surface area contributed by atoms with E-state index < -0.39 is 23.6 Å². The molecular weight excluding hydrogens is 329 g/mol. The molecule has 0 amide bonds. The van der Waals surface area contributed by atoms with E-state index in [0.717, 1.165) is 12.1 Å². The third kappa shape index (κ3) is 3.99. The van der Waals surface area contributed by atoms with E-state index in [2.05, 4.69) is 4.99 Å². The number of benzene rings is 1. The van der Waals surface area contributed by atoms with Crippen LogP contribution in [0.25, 0.3) is 0 Å². The highest BCUT2D eigenvalue weighted by molar-refractivity contribution is 8.14. The Morgan fingerprint density at radius 3 is 2.52 bits per heavy atom. The van der Waals surface area contributed by atoms with Gasteiger partial charge in [0.15, 0.2) is 5.17 Å². The second kappa shape index (κ2) is 6.82. The van der Waals surface area contributed by atoms with Gasteiger partial charge in [-0.25, -0.2) is 4.99 Å². The molecule has 0 radical (unpaired) electrons. The maximum atomic E-state index is 12.5. The Morgan fingerprint density at radius 2 is 2.04 bits per heavy atom. The van der Waals surface area contributed by atoms with Gasteiger partial charge in [-0.2, -0.15) is 13.2 Å². The number of halogens is 3. The number of carbonyl (C=O) groups is 1. The molecule has 1 fully saturated rings. The van der Waals surface area contributed by atoms with Crippen LogP contribution in [0.15, 0.2) is 29.3 Å². The maximum Gasteiger partial charge on any atom is 0.416 e. The first-order valence-electron chi connectivity index (χ1n) is 7.08. The lowest BCUT2D eigenvalue weighted by Crippen LogP contribution is -2.39. The molecule has 8 heteroatoms. The van der Waals surface area contributed by atoms with Gasteiger partial charge in [-0.15, -0.1) is 0 Å². The first kappa shape index (κ1) is 17.7. The van der Waals surface area contributed by atoms with Gasteiger partial charge in [0.1, 0.15) is 0 Å². The van der Waals surface area contributed by atoms with Crippen molar-refractivity contribution in [3.8, 4) is 0 Å². The van der Waals surface area contributed by atoms with Gasteiger partial charge in [0.25, 0.3) is 0 Å². The molecule has 4 nitrogen and oxygen atoms in total. The molecule has 0 aliphatic carbocycles. The molecular formula is C15H17F3N2O2S. The summed E-state index contributed by atoms with van der Waals surface area (Å²) in [6.07, 6.45) is -3.86. The number of alkyl halides is 3.